The van der Waals surface area contributed by atoms with Crippen molar-refractivity contribution in [1.29, 1.82) is 0 Å². The summed E-state index contributed by atoms with van der Waals surface area (Å²) in [5.41, 5.74) is 4.46. The number of aromatic nitrogens is 2. The molecule has 1 aliphatic rings. The van der Waals surface area contributed by atoms with Crippen molar-refractivity contribution < 1.29 is 4.79 Å². The first-order valence-corrected chi connectivity index (χ1v) is 10.9. The van der Waals surface area contributed by atoms with E-state index in [4.69, 9.17) is 4.98 Å². The highest BCUT2D eigenvalue weighted by molar-refractivity contribution is 14.1. The number of rotatable bonds is 2. The molecule has 6 heteroatoms. The Labute approximate surface area is 192 Å². The number of amides is 1. The number of fused-ring (bicyclic) bond motifs is 2. The maximum atomic E-state index is 13.5. The molecule has 152 valence electrons. The first kappa shape index (κ1) is 19.7. The van der Waals surface area contributed by atoms with Gasteiger partial charge in [-0.15, -0.1) is 0 Å². The Morgan fingerprint density at radius 3 is 2.48 bits per heavy atom. The molecule has 31 heavy (non-hydrogen) atoms. The maximum absolute atomic E-state index is 13.5. The molecule has 1 aromatic heterocycles. The molecular weight excluding hydrogens is 501 g/mol. The van der Waals surface area contributed by atoms with E-state index in [-0.39, 0.29) is 11.5 Å². The number of hydrogen-bond donors (Lipinski definition) is 0. The fourth-order valence-electron chi connectivity index (χ4n) is 3.88. The number of benzene rings is 3. The zero-order valence-electron chi connectivity index (χ0n) is 17.0. The molecule has 3 aromatic carbocycles. The van der Waals surface area contributed by atoms with Crippen LogP contribution in [0.5, 0.6) is 0 Å². The van der Waals surface area contributed by atoms with Crippen LogP contribution >= 0.6 is 22.6 Å². The quantitative estimate of drug-likeness (QED) is 0.282. The van der Waals surface area contributed by atoms with Gasteiger partial charge in [0.1, 0.15) is 5.82 Å². The molecular formula is C25H18IN3O2. The average Bonchev–Trinajstić information content (AvgIpc) is 3.01. The molecule has 0 spiro atoms. The van der Waals surface area contributed by atoms with Gasteiger partial charge < -0.3 is 4.90 Å². The fourth-order valence-corrected chi connectivity index (χ4v) is 4.37. The molecule has 0 aliphatic carbocycles. The number of para-hydroxylation sites is 1. The third-order valence-corrected chi connectivity index (χ3v) is 6.18. The topological polar surface area (TPSA) is 55.2 Å². The van der Waals surface area contributed by atoms with E-state index in [0.717, 1.165) is 20.4 Å². The molecule has 0 saturated heterocycles. The Bertz CT molecular complexity index is 1450. The summed E-state index contributed by atoms with van der Waals surface area (Å²) in [6.45, 7) is 2.00. The van der Waals surface area contributed by atoms with Crippen molar-refractivity contribution in [3.63, 3.8) is 0 Å². The molecule has 5 rings (SSSR count). The van der Waals surface area contributed by atoms with E-state index in [0.29, 0.717) is 28.0 Å². The second-order valence-electron chi connectivity index (χ2n) is 7.55. The monoisotopic (exact) mass is 519 g/mol. The molecule has 0 N–H and O–H groups in total. The first-order valence-electron chi connectivity index (χ1n) is 9.82. The van der Waals surface area contributed by atoms with Crippen LogP contribution in [0.4, 0.5) is 5.69 Å². The minimum Gasteiger partial charge on any atom is -0.311 e. The van der Waals surface area contributed by atoms with Crippen molar-refractivity contribution in [1.82, 2.24) is 9.55 Å². The molecule has 4 aromatic rings. The minimum atomic E-state index is -0.161. The fraction of sp³-hybridized carbons (Fsp3) is 0.0800. The molecule has 0 bridgehead atoms. The van der Waals surface area contributed by atoms with Crippen molar-refractivity contribution in [2.75, 3.05) is 11.9 Å². The van der Waals surface area contributed by atoms with Gasteiger partial charge in [0.15, 0.2) is 0 Å². The second kappa shape index (κ2) is 7.46. The van der Waals surface area contributed by atoms with Crippen LogP contribution < -0.4 is 10.5 Å². The van der Waals surface area contributed by atoms with Crippen LogP contribution in [0.3, 0.4) is 0 Å². The highest BCUT2D eigenvalue weighted by Crippen LogP contribution is 2.36. The van der Waals surface area contributed by atoms with Crippen molar-refractivity contribution in [3.05, 3.63) is 97.6 Å². The third kappa shape index (κ3) is 3.27. The van der Waals surface area contributed by atoms with E-state index in [2.05, 4.69) is 22.6 Å². The van der Waals surface area contributed by atoms with Crippen molar-refractivity contribution in [3.8, 4) is 5.69 Å². The third-order valence-electron chi connectivity index (χ3n) is 5.51. The molecule has 2 heterocycles. The lowest BCUT2D eigenvalue weighted by Gasteiger charge is -2.13. The number of nitrogens with zero attached hydrogens (tertiary/aromatic N) is 3. The van der Waals surface area contributed by atoms with E-state index in [1.54, 1.807) is 22.6 Å². The minimum absolute atomic E-state index is 0.117. The lowest BCUT2D eigenvalue weighted by molar-refractivity contribution is -0.112. The van der Waals surface area contributed by atoms with Crippen LogP contribution in [0.15, 0.2) is 71.5 Å². The van der Waals surface area contributed by atoms with Gasteiger partial charge in [-0.05, 0) is 72.0 Å². The Hall–Kier alpha value is -3.26. The van der Waals surface area contributed by atoms with E-state index < -0.39 is 0 Å². The van der Waals surface area contributed by atoms with E-state index in [9.17, 15) is 9.59 Å². The van der Waals surface area contributed by atoms with E-state index >= 15 is 0 Å². The number of halogens is 1. The predicted octanol–water partition coefficient (Wildman–Crippen LogP) is 4.82. The molecule has 1 aliphatic heterocycles. The lowest BCUT2D eigenvalue weighted by Crippen LogP contribution is -2.23. The van der Waals surface area contributed by atoms with Crippen LogP contribution in [0.1, 0.15) is 17.0 Å². The summed E-state index contributed by atoms with van der Waals surface area (Å²) in [5.74, 6) is 0.310. The van der Waals surface area contributed by atoms with Crippen molar-refractivity contribution in [2.45, 2.75) is 6.92 Å². The van der Waals surface area contributed by atoms with Crippen molar-refractivity contribution >= 4 is 56.7 Å². The van der Waals surface area contributed by atoms with Gasteiger partial charge in [-0.1, -0.05) is 35.9 Å². The van der Waals surface area contributed by atoms with Gasteiger partial charge >= 0.3 is 0 Å². The molecule has 0 radical (unpaired) electrons. The summed E-state index contributed by atoms with van der Waals surface area (Å²) >= 11 is 2.19. The Morgan fingerprint density at radius 1 is 0.968 bits per heavy atom. The summed E-state index contributed by atoms with van der Waals surface area (Å²) in [6.07, 6.45) is 1.73. The second-order valence-corrected chi connectivity index (χ2v) is 8.79. The molecule has 1 amide bonds. The average molecular weight is 519 g/mol. The molecule has 0 atom stereocenters. The van der Waals surface area contributed by atoms with Gasteiger partial charge in [0.05, 0.1) is 27.9 Å². The zero-order chi connectivity index (χ0) is 21.7. The number of anilines is 1. The predicted molar refractivity (Wildman–Crippen MR) is 133 cm³/mol. The summed E-state index contributed by atoms with van der Waals surface area (Å²) < 4.78 is 2.55. The highest BCUT2D eigenvalue weighted by Gasteiger charge is 2.29. The van der Waals surface area contributed by atoms with Crippen molar-refractivity contribution in [2.24, 2.45) is 0 Å². The number of carbonyl (C=O) groups is 1. The Balaban J connectivity index is 1.83. The summed E-state index contributed by atoms with van der Waals surface area (Å²) in [6, 6.07) is 21.0. The summed E-state index contributed by atoms with van der Waals surface area (Å²) in [5, 5.41) is 0.546. The lowest BCUT2D eigenvalue weighted by atomic mass is 10.1. The first-order chi connectivity index (χ1) is 14.9. The van der Waals surface area contributed by atoms with E-state index in [1.807, 2.05) is 73.7 Å². The standard InChI is InChI=1S/C25H18IN3O2/c1-15-7-10-17(11-8-15)29-23(27-21-12-9-16(26)13-20(21)25(29)31)14-19-18-5-3-4-6-22(18)28(2)24(19)30/h3-14H,1-2H3. The van der Waals surface area contributed by atoms with E-state index in [1.165, 1.54) is 0 Å². The zero-order valence-corrected chi connectivity index (χ0v) is 19.1. The molecule has 0 unspecified atom stereocenters. The number of carbonyl (C=O) groups excluding carboxylic acids is 1. The van der Waals surface area contributed by atoms with Crippen LogP contribution in [-0.2, 0) is 4.79 Å². The van der Waals surface area contributed by atoms with Crippen LogP contribution in [-0.4, -0.2) is 22.5 Å². The highest BCUT2D eigenvalue weighted by atomic mass is 127. The molecule has 0 saturated carbocycles. The maximum Gasteiger partial charge on any atom is 0.266 e. The SMILES string of the molecule is Cc1ccc(-n2c(C=C3C(=O)N(C)c4ccccc43)nc3ccc(I)cc3c2=O)cc1. The molecule has 0 fully saturated rings. The van der Waals surface area contributed by atoms with Crippen LogP contribution in [0, 0.1) is 10.5 Å². The summed E-state index contributed by atoms with van der Waals surface area (Å²) in [7, 11) is 1.75. The normalized spacial score (nSPS) is 14.5. The van der Waals surface area contributed by atoms with Gasteiger partial charge in [-0.3, -0.25) is 14.2 Å². The van der Waals surface area contributed by atoms with Gasteiger partial charge in [0.2, 0.25) is 0 Å². The van der Waals surface area contributed by atoms with Crippen LogP contribution in [0.25, 0.3) is 28.2 Å². The van der Waals surface area contributed by atoms with Gasteiger partial charge in [0, 0.05) is 16.2 Å². The van der Waals surface area contributed by atoms with Crippen LogP contribution in [0.2, 0.25) is 0 Å². The smallest absolute Gasteiger partial charge is 0.266 e. The number of likely N-dealkylation sites (N-methyl/N-ethyl adjacent to an activating group) is 1. The van der Waals surface area contributed by atoms with Gasteiger partial charge in [-0.25, -0.2) is 4.98 Å². The number of hydrogen-bond acceptors (Lipinski definition) is 3. The van der Waals surface area contributed by atoms with Gasteiger partial charge in [0.25, 0.3) is 11.5 Å². The molecule has 5 nitrogen and oxygen atoms in total. The Kier molecular flexibility index (Phi) is 4.74. The number of aryl methyl sites for hydroxylation is 1. The van der Waals surface area contributed by atoms with Gasteiger partial charge in [-0.2, -0.15) is 0 Å². The summed E-state index contributed by atoms with van der Waals surface area (Å²) in [4.78, 5) is 32.9. The largest absolute Gasteiger partial charge is 0.311 e. The Morgan fingerprint density at radius 2 is 1.71 bits per heavy atom.